The number of nitrogens with one attached hydrogen (secondary N) is 1. The molecule has 20 heavy (non-hydrogen) atoms. The predicted octanol–water partition coefficient (Wildman–Crippen LogP) is 1.21. The number of aromatic amines is 1. The summed E-state index contributed by atoms with van der Waals surface area (Å²) in [5.74, 6) is 1.02. The largest absolute Gasteiger partial charge is 0.442 e. The average Bonchev–Trinajstić information content (AvgIpc) is 3.12. The second kappa shape index (κ2) is 5.24. The third kappa shape index (κ3) is 2.45. The minimum Gasteiger partial charge on any atom is -0.442 e. The number of ether oxygens (including phenoxy) is 2. The molecule has 0 unspecified atom stereocenters. The van der Waals surface area contributed by atoms with E-state index in [4.69, 9.17) is 9.47 Å². The standard InChI is InChI=1S/C14H15N3O3/c1-17(7-6-10-8-15-16-9-10)13(18)14-19-11-4-2-3-5-12(11)20-14/h2-5,8-9,14H,6-7H2,1H3,(H,15,16). The summed E-state index contributed by atoms with van der Waals surface area (Å²) in [6.07, 6.45) is 3.41. The van der Waals surface area contributed by atoms with Gasteiger partial charge >= 0.3 is 12.2 Å². The van der Waals surface area contributed by atoms with Crippen LogP contribution in [0.25, 0.3) is 0 Å². The summed E-state index contributed by atoms with van der Waals surface area (Å²) >= 11 is 0. The lowest BCUT2D eigenvalue weighted by molar-refractivity contribution is -0.146. The molecule has 6 nitrogen and oxygen atoms in total. The van der Waals surface area contributed by atoms with Gasteiger partial charge in [-0.25, -0.2) is 0 Å². The number of nitrogens with zero attached hydrogens (tertiary/aromatic N) is 2. The van der Waals surface area contributed by atoms with Crippen LogP contribution in [-0.2, 0) is 11.2 Å². The van der Waals surface area contributed by atoms with Crippen LogP contribution in [0, 0.1) is 0 Å². The van der Waals surface area contributed by atoms with E-state index in [1.807, 2.05) is 18.3 Å². The molecule has 1 aliphatic rings. The van der Waals surface area contributed by atoms with Crippen LogP contribution in [-0.4, -0.2) is 40.9 Å². The van der Waals surface area contributed by atoms with Gasteiger partial charge in [-0.2, -0.15) is 5.10 Å². The highest BCUT2D eigenvalue weighted by Crippen LogP contribution is 2.34. The Kier molecular flexibility index (Phi) is 3.28. The number of para-hydroxylation sites is 2. The minimum atomic E-state index is -0.887. The van der Waals surface area contributed by atoms with Crippen molar-refractivity contribution in [2.45, 2.75) is 12.7 Å². The van der Waals surface area contributed by atoms with Crippen molar-refractivity contribution < 1.29 is 14.3 Å². The van der Waals surface area contributed by atoms with Crippen molar-refractivity contribution in [3.8, 4) is 11.5 Å². The molecule has 3 rings (SSSR count). The molecule has 1 aliphatic heterocycles. The fourth-order valence-electron chi connectivity index (χ4n) is 2.00. The molecule has 2 aromatic rings. The lowest BCUT2D eigenvalue weighted by Crippen LogP contribution is -2.41. The summed E-state index contributed by atoms with van der Waals surface area (Å²) in [6, 6.07) is 7.26. The number of aromatic nitrogens is 2. The number of carbonyl (C=O) groups is 1. The van der Waals surface area contributed by atoms with Gasteiger partial charge in [-0.1, -0.05) is 12.1 Å². The number of rotatable bonds is 4. The monoisotopic (exact) mass is 273 g/mol. The second-order valence-electron chi connectivity index (χ2n) is 4.63. The van der Waals surface area contributed by atoms with E-state index in [0.717, 1.165) is 12.0 Å². The van der Waals surface area contributed by atoms with Crippen molar-refractivity contribution in [2.75, 3.05) is 13.6 Å². The first-order valence-electron chi connectivity index (χ1n) is 6.39. The van der Waals surface area contributed by atoms with E-state index >= 15 is 0 Å². The molecule has 0 fully saturated rings. The van der Waals surface area contributed by atoms with Crippen molar-refractivity contribution in [2.24, 2.45) is 0 Å². The van der Waals surface area contributed by atoms with Crippen LogP contribution < -0.4 is 9.47 Å². The minimum absolute atomic E-state index is 0.190. The van der Waals surface area contributed by atoms with E-state index in [9.17, 15) is 4.79 Å². The molecular weight excluding hydrogens is 258 g/mol. The summed E-state index contributed by atoms with van der Waals surface area (Å²) in [5, 5.41) is 6.62. The van der Waals surface area contributed by atoms with Crippen molar-refractivity contribution in [1.82, 2.24) is 15.1 Å². The fraction of sp³-hybridized carbons (Fsp3) is 0.286. The summed E-state index contributed by atoms with van der Waals surface area (Å²) in [6.45, 7) is 0.581. The highest BCUT2D eigenvalue weighted by atomic mass is 16.7. The number of hydrogen-bond acceptors (Lipinski definition) is 4. The van der Waals surface area contributed by atoms with Gasteiger partial charge in [0.25, 0.3) is 0 Å². The summed E-state index contributed by atoms with van der Waals surface area (Å²) in [4.78, 5) is 13.8. The summed E-state index contributed by atoms with van der Waals surface area (Å²) in [7, 11) is 1.73. The zero-order valence-electron chi connectivity index (χ0n) is 11.1. The number of likely N-dealkylation sites (N-methyl/N-ethyl adjacent to an activating group) is 1. The molecule has 0 spiro atoms. The molecular formula is C14H15N3O3. The Morgan fingerprint density at radius 1 is 1.35 bits per heavy atom. The van der Waals surface area contributed by atoms with Gasteiger partial charge in [0, 0.05) is 19.8 Å². The number of hydrogen-bond donors (Lipinski definition) is 1. The first-order valence-corrected chi connectivity index (χ1v) is 6.39. The number of H-pyrrole nitrogens is 1. The third-order valence-electron chi connectivity index (χ3n) is 3.19. The molecule has 1 aromatic heterocycles. The molecule has 6 heteroatoms. The van der Waals surface area contributed by atoms with Crippen LogP contribution in [0.2, 0.25) is 0 Å². The van der Waals surface area contributed by atoms with E-state index in [2.05, 4.69) is 10.2 Å². The normalized spacial score (nSPS) is 13.4. The summed E-state index contributed by atoms with van der Waals surface area (Å²) in [5.41, 5.74) is 1.06. The van der Waals surface area contributed by atoms with Crippen molar-refractivity contribution in [1.29, 1.82) is 0 Å². The molecule has 0 saturated heterocycles. The Bertz CT molecular complexity index is 572. The number of benzene rings is 1. The molecule has 1 amide bonds. The Morgan fingerprint density at radius 3 is 2.65 bits per heavy atom. The van der Waals surface area contributed by atoms with E-state index in [-0.39, 0.29) is 5.91 Å². The zero-order valence-corrected chi connectivity index (χ0v) is 11.1. The van der Waals surface area contributed by atoms with Gasteiger partial charge in [-0.15, -0.1) is 0 Å². The quantitative estimate of drug-likeness (QED) is 0.909. The van der Waals surface area contributed by atoms with Crippen LogP contribution in [0.1, 0.15) is 5.56 Å². The predicted molar refractivity (Wildman–Crippen MR) is 71.4 cm³/mol. The maximum atomic E-state index is 12.2. The topological polar surface area (TPSA) is 67.5 Å². The molecule has 0 saturated carbocycles. The first kappa shape index (κ1) is 12.5. The second-order valence-corrected chi connectivity index (χ2v) is 4.63. The third-order valence-corrected chi connectivity index (χ3v) is 3.19. The van der Waals surface area contributed by atoms with Gasteiger partial charge in [0.05, 0.1) is 6.20 Å². The van der Waals surface area contributed by atoms with Crippen LogP contribution in [0.4, 0.5) is 0 Å². The number of fused-ring (bicyclic) bond motifs is 1. The van der Waals surface area contributed by atoms with Gasteiger partial charge in [-0.05, 0) is 24.1 Å². The fourth-order valence-corrected chi connectivity index (χ4v) is 2.00. The maximum absolute atomic E-state index is 12.2. The lowest BCUT2D eigenvalue weighted by atomic mass is 10.2. The van der Waals surface area contributed by atoms with Crippen LogP contribution in [0.5, 0.6) is 11.5 Å². The first-order chi connectivity index (χ1) is 9.74. The molecule has 1 N–H and O–H groups in total. The van der Waals surface area contributed by atoms with Crippen LogP contribution in [0.15, 0.2) is 36.7 Å². The van der Waals surface area contributed by atoms with Gasteiger partial charge in [-0.3, -0.25) is 9.89 Å². The molecule has 0 radical (unpaired) electrons. The van der Waals surface area contributed by atoms with Gasteiger partial charge in [0.15, 0.2) is 11.5 Å². The van der Waals surface area contributed by atoms with Crippen molar-refractivity contribution >= 4 is 5.91 Å². The highest BCUT2D eigenvalue weighted by Gasteiger charge is 2.32. The Balaban J connectivity index is 1.57. The molecule has 2 heterocycles. The van der Waals surface area contributed by atoms with Gasteiger partial charge in [0.1, 0.15) is 0 Å². The SMILES string of the molecule is CN(CCc1cn[nH]c1)C(=O)C1Oc2ccccc2O1. The Labute approximate surface area is 116 Å². The van der Waals surface area contributed by atoms with Crippen molar-refractivity contribution in [3.05, 3.63) is 42.2 Å². The highest BCUT2D eigenvalue weighted by molar-refractivity contribution is 5.81. The van der Waals surface area contributed by atoms with E-state index in [1.54, 1.807) is 30.3 Å². The lowest BCUT2D eigenvalue weighted by Gasteiger charge is -2.19. The van der Waals surface area contributed by atoms with E-state index in [0.29, 0.717) is 18.0 Å². The van der Waals surface area contributed by atoms with Crippen LogP contribution in [0.3, 0.4) is 0 Å². The summed E-state index contributed by atoms with van der Waals surface area (Å²) < 4.78 is 11.0. The van der Waals surface area contributed by atoms with Gasteiger partial charge < -0.3 is 14.4 Å². The zero-order chi connectivity index (χ0) is 13.9. The number of carbonyl (C=O) groups excluding carboxylic acids is 1. The Hall–Kier alpha value is -2.50. The van der Waals surface area contributed by atoms with E-state index in [1.165, 1.54) is 0 Å². The van der Waals surface area contributed by atoms with Crippen LogP contribution >= 0.6 is 0 Å². The molecule has 104 valence electrons. The number of amides is 1. The molecule has 1 aromatic carbocycles. The Morgan fingerprint density at radius 2 is 2.05 bits per heavy atom. The molecule has 0 aliphatic carbocycles. The average molecular weight is 273 g/mol. The van der Waals surface area contributed by atoms with E-state index < -0.39 is 6.29 Å². The van der Waals surface area contributed by atoms with Crippen molar-refractivity contribution in [3.63, 3.8) is 0 Å². The molecule has 0 atom stereocenters. The molecule has 0 bridgehead atoms. The maximum Gasteiger partial charge on any atom is 0.321 e. The smallest absolute Gasteiger partial charge is 0.321 e. The van der Waals surface area contributed by atoms with Gasteiger partial charge in [0.2, 0.25) is 0 Å².